The van der Waals surface area contributed by atoms with Crippen LogP contribution in [-0.2, 0) is 18.9 Å². The molecule has 0 saturated heterocycles. The summed E-state index contributed by atoms with van der Waals surface area (Å²) in [5.41, 5.74) is -1.36. The first-order valence-electron chi connectivity index (χ1n) is 10.4. The molecule has 4 nitrogen and oxygen atoms in total. The molecule has 0 spiro atoms. The van der Waals surface area contributed by atoms with Gasteiger partial charge in [-0.2, -0.15) is 26.3 Å². The van der Waals surface area contributed by atoms with Crippen LogP contribution in [0.5, 0.6) is 0 Å². The van der Waals surface area contributed by atoms with Gasteiger partial charge in [0.25, 0.3) is 5.91 Å². The van der Waals surface area contributed by atoms with Gasteiger partial charge >= 0.3 is 12.4 Å². The van der Waals surface area contributed by atoms with Crippen molar-refractivity contribution in [2.45, 2.75) is 25.8 Å². The molecule has 1 amide bonds. The number of Topliss-reactive ketones (excluding diaryl/α,β-unsaturated/α-hetero) is 1. The van der Waals surface area contributed by atoms with E-state index in [1.807, 2.05) is 0 Å². The maximum atomic E-state index is 13.3. The van der Waals surface area contributed by atoms with Gasteiger partial charge in [-0.15, -0.1) is 0 Å². The van der Waals surface area contributed by atoms with E-state index in [4.69, 9.17) is 0 Å². The summed E-state index contributed by atoms with van der Waals surface area (Å²) in [4.78, 5) is 30.5. The van der Waals surface area contributed by atoms with Crippen LogP contribution >= 0.6 is 15.9 Å². The zero-order valence-electron chi connectivity index (χ0n) is 19.0. The number of benzene rings is 2. The monoisotopic (exact) mass is 572 g/mol. The van der Waals surface area contributed by atoms with E-state index in [0.717, 1.165) is 10.5 Å². The van der Waals surface area contributed by atoms with Crippen LogP contribution in [0.3, 0.4) is 0 Å². The zero-order valence-corrected chi connectivity index (χ0v) is 20.6. The summed E-state index contributed by atoms with van der Waals surface area (Å²) in [5.74, 6) is -1.02. The molecular formula is C25H19BrF6N2O2. The minimum absolute atomic E-state index is 0.00249. The van der Waals surface area contributed by atoms with E-state index in [2.05, 4.69) is 20.9 Å². The van der Waals surface area contributed by atoms with Gasteiger partial charge in [0.1, 0.15) is 5.69 Å². The number of aromatic nitrogens is 1. The quantitative estimate of drug-likeness (QED) is 0.182. The summed E-state index contributed by atoms with van der Waals surface area (Å²) in [6, 6.07) is 9.67. The van der Waals surface area contributed by atoms with Crippen LogP contribution in [0.4, 0.5) is 26.3 Å². The molecule has 0 bridgehead atoms. The standard InChI is InChI=1S/C25H19BrF6N2O2/c1-14-5-3-4-6-18(14)19-10-21(22(35)11-26)33-12-20(19)23(36)34(2)13-15-7-16(24(27,28)29)9-17(8-15)25(30,31)32/h3-10,12H,11,13H2,1-2H3. The smallest absolute Gasteiger partial charge is 0.337 e. The molecule has 36 heavy (non-hydrogen) atoms. The minimum Gasteiger partial charge on any atom is -0.337 e. The lowest BCUT2D eigenvalue weighted by Crippen LogP contribution is -2.27. The van der Waals surface area contributed by atoms with Crippen LogP contribution in [0.1, 0.15) is 43.1 Å². The highest BCUT2D eigenvalue weighted by molar-refractivity contribution is 9.09. The Morgan fingerprint density at radius 2 is 1.50 bits per heavy atom. The van der Waals surface area contributed by atoms with Gasteiger partial charge in [-0.3, -0.25) is 14.6 Å². The number of nitrogens with zero attached hydrogens (tertiary/aromatic N) is 2. The fraction of sp³-hybridized carbons (Fsp3) is 0.240. The highest BCUT2D eigenvalue weighted by Gasteiger charge is 2.37. The second-order valence-electron chi connectivity index (χ2n) is 8.06. The van der Waals surface area contributed by atoms with Crippen LogP contribution < -0.4 is 0 Å². The van der Waals surface area contributed by atoms with Crippen molar-refractivity contribution in [2.75, 3.05) is 12.4 Å². The lowest BCUT2D eigenvalue weighted by atomic mass is 9.95. The molecule has 1 heterocycles. The normalized spacial score (nSPS) is 11.9. The molecule has 0 atom stereocenters. The lowest BCUT2D eigenvalue weighted by Gasteiger charge is -2.21. The van der Waals surface area contributed by atoms with E-state index in [0.29, 0.717) is 23.3 Å². The highest BCUT2D eigenvalue weighted by atomic mass is 79.9. The van der Waals surface area contributed by atoms with Crippen LogP contribution in [-0.4, -0.2) is 34.0 Å². The molecule has 3 rings (SSSR count). The van der Waals surface area contributed by atoms with Crippen molar-refractivity contribution < 1.29 is 35.9 Å². The van der Waals surface area contributed by atoms with E-state index < -0.39 is 35.9 Å². The number of carbonyl (C=O) groups is 2. The zero-order chi connectivity index (χ0) is 26.8. The summed E-state index contributed by atoms with van der Waals surface area (Å²) in [5, 5.41) is -0.00249. The fourth-order valence-electron chi connectivity index (χ4n) is 3.61. The Bertz CT molecular complexity index is 1270. The van der Waals surface area contributed by atoms with E-state index in [1.54, 1.807) is 31.2 Å². The number of rotatable bonds is 6. The fourth-order valence-corrected chi connectivity index (χ4v) is 3.89. The van der Waals surface area contributed by atoms with Crippen LogP contribution in [0.15, 0.2) is 54.7 Å². The average molecular weight is 573 g/mol. The Morgan fingerprint density at radius 1 is 0.917 bits per heavy atom. The molecule has 2 aromatic carbocycles. The van der Waals surface area contributed by atoms with Gasteiger partial charge in [0, 0.05) is 19.8 Å². The first-order chi connectivity index (χ1) is 16.7. The van der Waals surface area contributed by atoms with Crippen molar-refractivity contribution in [3.8, 4) is 11.1 Å². The van der Waals surface area contributed by atoms with E-state index >= 15 is 0 Å². The van der Waals surface area contributed by atoms with Gasteiger partial charge in [0.15, 0.2) is 5.78 Å². The molecule has 0 aliphatic rings. The van der Waals surface area contributed by atoms with E-state index in [-0.39, 0.29) is 34.0 Å². The Kier molecular flexibility index (Phi) is 7.92. The Morgan fingerprint density at radius 3 is 2.03 bits per heavy atom. The Labute approximate surface area is 211 Å². The minimum atomic E-state index is -5.00. The van der Waals surface area contributed by atoms with Crippen LogP contribution in [0.2, 0.25) is 0 Å². The van der Waals surface area contributed by atoms with Gasteiger partial charge in [0.2, 0.25) is 0 Å². The van der Waals surface area contributed by atoms with Gasteiger partial charge in [0.05, 0.1) is 22.0 Å². The number of halogens is 7. The summed E-state index contributed by atoms with van der Waals surface area (Å²) in [6.07, 6.45) is -8.82. The summed E-state index contributed by atoms with van der Waals surface area (Å²) >= 11 is 3.07. The van der Waals surface area contributed by atoms with Gasteiger partial charge < -0.3 is 4.90 Å². The number of amides is 1. The molecule has 0 fully saturated rings. The Hall–Kier alpha value is -3.21. The van der Waals surface area contributed by atoms with Crippen molar-refractivity contribution in [3.63, 3.8) is 0 Å². The predicted octanol–water partition coefficient (Wildman–Crippen LogP) is 6.94. The number of carbonyl (C=O) groups excluding carboxylic acids is 2. The largest absolute Gasteiger partial charge is 0.416 e. The average Bonchev–Trinajstić information content (AvgIpc) is 2.81. The molecule has 11 heteroatoms. The van der Waals surface area contributed by atoms with Crippen molar-refractivity contribution in [1.29, 1.82) is 0 Å². The van der Waals surface area contributed by atoms with Crippen molar-refractivity contribution in [3.05, 3.63) is 88.2 Å². The molecule has 0 unspecified atom stereocenters. The number of ketones is 1. The van der Waals surface area contributed by atoms with Crippen LogP contribution in [0, 0.1) is 6.92 Å². The molecule has 0 aliphatic heterocycles. The summed E-state index contributed by atoms with van der Waals surface area (Å²) in [6.45, 7) is 1.27. The van der Waals surface area contributed by atoms with Crippen LogP contribution in [0.25, 0.3) is 11.1 Å². The van der Waals surface area contributed by atoms with Crippen molar-refractivity contribution >= 4 is 27.6 Å². The first kappa shape index (κ1) is 27.4. The Balaban J connectivity index is 2.04. The number of hydrogen-bond acceptors (Lipinski definition) is 3. The second-order valence-corrected chi connectivity index (χ2v) is 8.62. The third-order valence-electron chi connectivity index (χ3n) is 5.39. The maximum absolute atomic E-state index is 13.3. The van der Waals surface area contributed by atoms with Gasteiger partial charge in [-0.05, 0) is 53.4 Å². The van der Waals surface area contributed by atoms with E-state index in [9.17, 15) is 35.9 Å². The summed E-state index contributed by atoms with van der Waals surface area (Å²) < 4.78 is 79.3. The predicted molar refractivity (Wildman–Crippen MR) is 125 cm³/mol. The second kappa shape index (κ2) is 10.4. The molecule has 0 N–H and O–H groups in total. The molecule has 190 valence electrons. The summed E-state index contributed by atoms with van der Waals surface area (Å²) in [7, 11) is 1.26. The number of alkyl halides is 7. The molecule has 3 aromatic rings. The molecular weight excluding hydrogens is 554 g/mol. The highest BCUT2D eigenvalue weighted by Crippen LogP contribution is 2.37. The molecule has 1 aromatic heterocycles. The van der Waals surface area contributed by atoms with E-state index in [1.165, 1.54) is 19.3 Å². The molecule has 0 saturated carbocycles. The number of hydrogen-bond donors (Lipinski definition) is 0. The third-order valence-corrected chi connectivity index (χ3v) is 5.90. The van der Waals surface area contributed by atoms with Gasteiger partial charge in [-0.25, -0.2) is 0 Å². The maximum Gasteiger partial charge on any atom is 0.416 e. The lowest BCUT2D eigenvalue weighted by molar-refractivity contribution is -0.143. The molecule has 0 radical (unpaired) electrons. The third kappa shape index (κ3) is 6.13. The number of pyridine rings is 1. The SMILES string of the molecule is Cc1ccccc1-c1cc(C(=O)CBr)ncc1C(=O)N(C)Cc1cc(C(F)(F)F)cc(C(F)(F)F)c1. The van der Waals surface area contributed by atoms with Crippen molar-refractivity contribution in [1.82, 2.24) is 9.88 Å². The first-order valence-corrected chi connectivity index (χ1v) is 11.5. The topological polar surface area (TPSA) is 50.3 Å². The molecule has 0 aliphatic carbocycles. The number of aryl methyl sites for hydroxylation is 1. The van der Waals surface area contributed by atoms with Gasteiger partial charge in [-0.1, -0.05) is 40.2 Å². The van der Waals surface area contributed by atoms with Crippen molar-refractivity contribution in [2.24, 2.45) is 0 Å².